The van der Waals surface area contributed by atoms with Crippen molar-refractivity contribution in [2.75, 3.05) is 12.3 Å². The van der Waals surface area contributed by atoms with E-state index < -0.39 is 10.8 Å². The number of likely N-dealkylation sites (tertiary alicyclic amines) is 1. The number of hydrogen-bond donors (Lipinski definition) is 1. The minimum Gasteiger partial charge on any atom is -0.366 e. The molecule has 0 aromatic heterocycles. The molecule has 0 radical (unpaired) electrons. The van der Waals surface area contributed by atoms with Crippen molar-refractivity contribution in [3.63, 3.8) is 0 Å². The van der Waals surface area contributed by atoms with Crippen LogP contribution in [0.1, 0.15) is 61.1 Å². The van der Waals surface area contributed by atoms with Gasteiger partial charge in [0, 0.05) is 18.2 Å². The van der Waals surface area contributed by atoms with Gasteiger partial charge in [-0.1, -0.05) is 45.0 Å². The Labute approximate surface area is 186 Å². The highest BCUT2D eigenvalue weighted by Gasteiger charge is 2.30. The van der Waals surface area contributed by atoms with Crippen molar-refractivity contribution >= 4 is 29.3 Å². The van der Waals surface area contributed by atoms with Gasteiger partial charge in [-0.2, -0.15) is 0 Å². The third kappa shape index (κ3) is 5.25. The van der Waals surface area contributed by atoms with Gasteiger partial charge < -0.3 is 10.6 Å². The maximum Gasteiger partial charge on any atom is 0.283 e. The summed E-state index contributed by atoms with van der Waals surface area (Å²) >= 11 is 1.11. The van der Waals surface area contributed by atoms with Crippen LogP contribution in [0.5, 0.6) is 0 Å². The van der Waals surface area contributed by atoms with Gasteiger partial charge in [0.1, 0.15) is 0 Å². The fourth-order valence-electron chi connectivity index (χ4n) is 3.77. The van der Waals surface area contributed by atoms with E-state index in [-0.39, 0.29) is 34.4 Å². The van der Waals surface area contributed by atoms with Crippen molar-refractivity contribution in [3.05, 3.63) is 69.3 Å². The minimum absolute atomic E-state index is 0.0225. The van der Waals surface area contributed by atoms with Crippen LogP contribution < -0.4 is 5.73 Å². The SMILES string of the molecule is CC(C)(C)c1ccc(C2CCCN2C(=O)CSc2ccc(C(N)=O)cc2[N+](=O)[O-])cc1. The maximum absolute atomic E-state index is 12.9. The Balaban J connectivity index is 1.72. The first kappa shape index (κ1) is 22.8. The van der Waals surface area contributed by atoms with E-state index in [9.17, 15) is 19.7 Å². The normalized spacial score (nSPS) is 16.4. The van der Waals surface area contributed by atoms with Gasteiger partial charge in [0.25, 0.3) is 5.69 Å². The lowest BCUT2D eigenvalue weighted by atomic mass is 9.86. The van der Waals surface area contributed by atoms with Gasteiger partial charge in [-0.3, -0.25) is 19.7 Å². The zero-order valence-electron chi connectivity index (χ0n) is 18.0. The third-order valence-corrected chi connectivity index (χ3v) is 6.57. The van der Waals surface area contributed by atoms with Gasteiger partial charge >= 0.3 is 0 Å². The monoisotopic (exact) mass is 441 g/mol. The maximum atomic E-state index is 12.9. The lowest BCUT2D eigenvalue weighted by Crippen LogP contribution is -2.32. The number of carbonyl (C=O) groups is 2. The zero-order valence-corrected chi connectivity index (χ0v) is 18.8. The molecule has 1 heterocycles. The molecule has 1 atom stereocenters. The number of amides is 2. The third-order valence-electron chi connectivity index (χ3n) is 5.53. The molecule has 164 valence electrons. The van der Waals surface area contributed by atoms with Crippen LogP contribution in [0.4, 0.5) is 5.69 Å². The highest BCUT2D eigenvalue weighted by Crippen LogP contribution is 2.35. The van der Waals surface area contributed by atoms with E-state index in [2.05, 4.69) is 45.0 Å². The molecule has 1 aliphatic rings. The van der Waals surface area contributed by atoms with Crippen LogP contribution in [0.15, 0.2) is 47.4 Å². The number of rotatable bonds is 6. The van der Waals surface area contributed by atoms with Crippen molar-refractivity contribution in [2.45, 2.75) is 50.0 Å². The molecule has 0 aliphatic carbocycles. The smallest absolute Gasteiger partial charge is 0.283 e. The highest BCUT2D eigenvalue weighted by molar-refractivity contribution is 8.00. The van der Waals surface area contributed by atoms with Crippen molar-refractivity contribution in [1.82, 2.24) is 4.90 Å². The van der Waals surface area contributed by atoms with Crippen LogP contribution in [0.3, 0.4) is 0 Å². The number of nitro groups is 1. The summed E-state index contributed by atoms with van der Waals surface area (Å²) in [4.78, 5) is 37.3. The lowest BCUT2D eigenvalue weighted by molar-refractivity contribution is -0.387. The number of hydrogen-bond acceptors (Lipinski definition) is 5. The summed E-state index contributed by atoms with van der Waals surface area (Å²) < 4.78 is 0. The molecule has 3 rings (SSSR count). The Morgan fingerprint density at radius 2 is 1.87 bits per heavy atom. The Hall–Kier alpha value is -2.87. The van der Waals surface area contributed by atoms with E-state index in [4.69, 9.17) is 5.73 Å². The summed E-state index contributed by atoms with van der Waals surface area (Å²) in [5.41, 5.74) is 7.49. The molecule has 1 unspecified atom stereocenters. The van der Waals surface area contributed by atoms with Crippen LogP contribution >= 0.6 is 11.8 Å². The summed E-state index contributed by atoms with van der Waals surface area (Å²) in [7, 11) is 0. The first-order valence-corrected chi connectivity index (χ1v) is 11.2. The second-order valence-electron chi connectivity index (χ2n) is 8.71. The number of benzene rings is 2. The van der Waals surface area contributed by atoms with E-state index in [1.54, 1.807) is 0 Å². The summed E-state index contributed by atoms with van der Waals surface area (Å²) in [5.74, 6) is -0.693. The Kier molecular flexibility index (Phi) is 6.69. The molecule has 0 saturated carbocycles. The molecule has 8 heteroatoms. The van der Waals surface area contributed by atoms with Gasteiger partial charge in [0.2, 0.25) is 11.8 Å². The van der Waals surface area contributed by atoms with Gasteiger partial charge in [0.15, 0.2) is 0 Å². The highest BCUT2D eigenvalue weighted by atomic mass is 32.2. The van der Waals surface area contributed by atoms with Crippen LogP contribution in [0.2, 0.25) is 0 Å². The molecule has 2 amide bonds. The average Bonchev–Trinajstić information content (AvgIpc) is 3.21. The van der Waals surface area contributed by atoms with Gasteiger partial charge in [-0.25, -0.2) is 0 Å². The molecule has 1 aliphatic heterocycles. The summed E-state index contributed by atoms with van der Waals surface area (Å²) in [6.07, 6.45) is 1.83. The molecular weight excluding hydrogens is 414 g/mol. The molecule has 7 nitrogen and oxygen atoms in total. The van der Waals surface area contributed by atoms with Crippen molar-refractivity contribution in [3.8, 4) is 0 Å². The Morgan fingerprint density at radius 3 is 2.45 bits per heavy atom. The molecule has 0 bridgehead atoms. The largest absolute Gasteiger partial charge is 0.366 e. The average molecular weight is 442 g/mol. The Bertz CT molecular complexity index is 999. The second-order valence-corrected chi connectivity index (χ2v) is 9.73. The first-order valence-electron chi connectivity index (χ1n) is 10.2. The van der Waals surface area contributed by atoms with E-state index in [1.807, 2.05) is 4.90 Å². The van der Waals surface area contributed by atoms with Gasteiger partial charge in [0.05, 0.1) is 21.6 Å². The fraction of sp³-hybridized carbons (Fsp3) is 0.391. The summed E-state index contributed by atoms with van der Waals surface area (Å²) in [5, 5.41) is 11.4. The quantitative estimate of drug-likeness (QED) is 0.405. The Morgan fingerprint density at radius 1 is 1.19 bits per heavy atom. The van der Waals surface area contributed by atoms with Crippen molar-refractivity contribution < 1.29 is 14.5 Å². The predicted molar refractivity (Wildman–Crippen MR) is 121 cm³/mol. The molecule has 2 aromatic carbocycles. The summed E-state index contributed by atoms with van der Waals surface area (Å²) in [6.45, 7) is 7.17. The second kappa shape index (κ2) is 9.09. The fourth-order valence-corrected chi connectivity index (χ4v) is 4.67. The number of nitro benzene ring substituents is 1. The van der Waals surface area contributed by atoms with E-state index >= 15 is 0 Å². The number of nitrogens with zero attached hydrogens (tertiary/aromatic N) is 2. The standard InChI is InChI=1S/C23H27N3O4S/c1-23(2,3)17-9-6-15(7-10-17)18-5-4-12-25(18)21(27)14-31-20-11-8-16(22(24)28)13-19(20)26(29)30/h6-11,13,18H,4-5,12,14H2,1-3H3,(H2,24,28). The molecule has 1 fully saturated rings. The zero-order chi connectivity index (χ0) is 22.8. The van der Waals surface area contributed by atoms with E-state index in [1.165, 1.54) is 17.7 Å². The molecular formula is C23H27N3O4S. The van der Waals surface area contributed by atoms with Crippen molar-refractivity contribution in [2.24, 2.45) is 5.73 Å². The van der Waals surface area contributed by atoms with Crippen molar-refractivity contribution in [1.29, 1.82) is 0 Å². The molecule has 31 heavy (non-hydrogen) atoms. The van der Waals surface area contributed by atoms with Gasteiger partial charge in [-0.05, 0) is 41.5 Å². The molecule has 0 spiro atoms. The topological polar surface area (TPSA) is 107 Å². The van der Waals surface area contributed by atoms with Crippen LogP contribution in [0.25, 0.3) is 0 Å². The first-order chi connectivity index (χ1) is 14.6. The number of nitrogens with two attached hydrogens (primary N) is 1. The van der Waals surface area contributed by atoms with Crippen LogP contribution in [0, 0.1) is 10.1 Å². The molecule has 2 N–H and O–H groups in total. The minimum atomic E-state index is -0.729. The van der Waals surface area contributed by atoms with E-state index in [0.29, 0.717) is 11.4 Å². The predicted octanol–water partition coefficient (Wildman–Crippen LogP) is 4.45. The number of carbonyl (C=O) groups excluding carboxylic acids is 2. The number of primary amides is 1. The number of thioether (sulfide) groups is 1. The lowest BCUT2D eigenvalue weighted by Gasteiger charge is -2.26. The van der Waals surface area contributed by atoms with Crippen LogP contribution in [-0.2, 0) is 10.2 Å². The molecule has 1 saturated heterocycles. The van der Waals surface area contributed by atoms with E-state index in [0.717, 1.165) is 36.2 Å². The van der Waals surface area contributed by atoms with Gasteiger partial charge in [-0.15, -0.1) is 11.8 Å². The molecule has 2 aromatic rings. The summed E-state index contributed by atoms with van der Waals surface area (Å²) in [6, 6.07) is 12.5. The van der Waals surface area contributed by atoms with Crippen LogP contribution in [-0.4, -0.2) is 33.9 Å².